The van der Waals surface area contributed by atoms with E-state index in [0.29, 0.717) is 0 Å². The molecule has 0 aromatic carbocycles. The van der Waals surface area contributed by atoms with Crippen LogP contribution in [0.2, 0.25) is 0 Å². The Labute approximate surface area is 103 Å². The number of aliphatic carboxylic acids is 3. The van der Waals surface area contributed by atoms with Crippen LogP contribution in [0.5, 0.6) is 0 Å². The van der Waals surface area contributed by atoms with E-state index >= 15 is 0 Å². The van der Waals surface area contributed by atoms with Crippen molar-refractivity contribution in [1.82, 2.24) is 0 Å². The van der Waals surface area contributed by atoms with E-state index in [4.69, 9.17) is 15.3 Å². The second kappa shape index (κ2) is 5.97. The number of carboxylic acid groups (broad SMARTS) is 3. The molecule has 8 nitrogen and oxygen atoms in total. The fourth-order valence-corrected chi connectivity index (χ4v) is 3.02. The predicted octanol–water partition coefficient (Wildman–Crippen LogP) is 0.440. The lowest BCUT2D eigenvalue weighted by Crippen LogP contribution is -2.37. The van der Waals surface area contributed by atoms with Crippen molar-refractivity contribution in [2.24, 2.45) is 0 Å². The first-order valence-corrected chi connectivity index (χ1v) is 6.86. The molecule has 2 unspecified atom stereocenters. The lowest BCUT2D eigenvalue weighted by molar-refractivity contribution is -0.141. The molecule has 0 aromatic rings. The molecule has 0 aliphatic carbocycles. The molecule has 9 heteroatoms. The van der Waals surface area contributed by atoms with Crippen LogP contribution in [0.25, 0.3) is 0 Å². The summed E-state index contributed by atoms with van der Waals surface area (Å²) in [7, 11) is -4.32. The molecule has 0 aliphatic heterocycles. The van der Waals surface area contributed by atoms with Gasteiger partial charge in [-0.1, -0.05) is 0 Å². The summed E-state index contributed by atoms with van der Waals surface area (Å²) in [6, 6.07) is 0. The fourth-order valence-electron chi connectivity index (χ4n) is 1.28. The van der Waals surface area contributed by atoms with Crippen molar-refractivity contribution in [3.8, 4) is 0 Å². The van der Waals surface area contributed by atoms with E-state index in [0.717, 1.165) is 6.92 Å². The average Bonchev–Trinajstić information content (AvgIpc) is 2.22. The average molecular weight is 282 g/mol. The Morgan fingerprint density at radius 1 is 1.06 bits per heavy atom. The van der Waals surface area contributed by atoms with Gasteiger partial charge in [-0.25, -0.2) is 0 Å². The molecule has 0 aromatic heterocycles. The topological polar surface area (TPSA) is 149 Å². The summed E-state index contributed by atoms with van der Waals surface area (Å²) in [5.74, 6) is -4.23. The van der Waals surface area contributed by atoms with Gasteiger partial charge in [0.25, 0.3) is 0 Å². The van der Waals surface area contributed by atoms with Gasteiger partial charge in [0.2, 0.25) is 7.37 Å². The SMILES string of the molecule is CC(CCC(=O)O)(C(=O)O)P(=O)(O)CCC(=O)O. The molecule has 0 radical (unpaired) electrons. The van der Waals surface area contributed by atoms with Gasteiger partial charge in [-0.15, -0.1) is 0 Å². The summed E-state index contributed by atoms with van der Waals surface area (Å²) >= 11 is 0. The van der Waals surface area contributed by atoms with E-state index in [9.17, 15) is 23.8 Å². The summed E-state index contributed by atoms with van der Waals surface area (Å²) in [6.07, 6.45) is -2.47. The van der Waals surface area contributed by atoms with Gasteiger partial charge in [0.05, 0.1) is 6.42 Å². The van der Waals surface area contributed by atoms with Crippen LogP contribution in [0.15, 0.2) is 0 Å². The molecule has 0 saturated carbocycles. The monoisotopic (exact) mass is 282 g/mol. The largest absolute Gasteiger partial charge is 0.481 e. The van der Waals surface area contributed by atoms with Gasteiger partial charge in [0, 0.05) is 12.6 Å². The van der Waals surface area contributed by atoms with E-state index in [2.05, 4.69) is 0 Å². The van der Waals surface area contributed by atoms with Gasteiger partial charge < -0.3 is 20.2 Å². The third-order valence-electron chi connectivity index (χ3n) is 2.69. The van der Waals surface area contributed by atoms with Crippen molar-refractivity contribution in [3.05, 3.63) is 0 Å². The lowest BCUT2D eigenvalue weighted by Gasteiger charge is -2.29. The smallest absolute Gasteiger partial charge is 0.319 e. The van der Waals surface area contributed by atoms with E-state index in [-0.39, 0.29) is 0 Å². The van der Waals surface area contributed by atoms with Crippen LogP contribution >= 0.6 is 7.37 Å². The van der Waals surface area contributed by atoms with Crippen LogP contribution in [-0.4, -0.2) is 49.4 Å². The molecule has 2 atom stereocenters. The normalized spacial score (nSPS) is 17.4. The van der Waals surface area contributed by atoms with E-state index in [1.165, 1.54) is 0 Å². The zero-order chi connectivity index (χ0) is 14.6. The molecule has 0 saturated heterocycles. The van der Waals surface area contributed by atoms with Crippen LogP contribution in [0, 0.1) is 0 Å². The Kier molecular flexibility index (Phi) is 5.51. The first-order chi connectivity index (χ1) is 8.03. The Balaban J connectivity index is 5.06. The Morgan fingerprint density at radius 3 is 1.83 bits per heavy atom. The van der Waals surface area contributed by atoms with Gasteiger partial charge in [0.15, 0.2) is 0 Å². The van der Waals surface area contributed by atoms with Crippen LogP contribution in [-0.2, 0) is 18.9 Å². The predicted molar refractivity (Wildman–Crippen MR) is 59.9 cm³/mol. The van der Waals surface area contributed by atoms with Crippen LogP contribution < -0.4 is 0 Å². The minimum atomic E-state index is -4.32. The fraction of sp³-hybridized carbons (Fsp3) is 0.667. The maximum atomic E-state index is 11.9. The zero-order valence-electron chi connectivity index (χ0n) is 9.70. The molecule has 0 spiro atoms. The number of rotatable bonds is 8. The van der Waals surface area contributed by atoms with Gasteiger partial charge in [0.1, 0.15) is 5.16 Å². The number of hydrogen-bond donors (Lipinski definition) is 4. The minimum Gasteiger partial charge on any atom is -0.481 e. The van der Waals surface area contributed by atoms with Gasteiger partial charge in [-0.05, 0) is 13.3 Å². The molecular formula is C9H15O8P. The first-order valence-electron chi connectivity index (χ1n) is 5.02. The third-order valence-corrected chi connectivity index (χ3v) is 5.47. The van der Waals surface area contributed by atoms with E-state index < -0.39 is 55.9 Å². The van der Waals surface area contributed by atoms with E-state index in [1.807, 2.05) is 0 Å². The Bertz CT molecular complexity index is 403. The highest BCUT2D eigenvalue weighted by Crippen LogP contribution is 2.57. The third kappa shape index (κ3) is 4.12. The molecule has 0 rings (SSSR count). The molecule has 0 bridgehead atoms. The van der Waals surface area contributed by atoms with Gasteiger partial charge in [-0.2, -0.15) is 0 Å². The molecule has 104 valence electrons. The molecule has 0 amide bonds. The minimum absolute atomic E-state index is 0.537. The number of carboxylic acids is 3. The zero-order valence-corrected chi connectivity index (χ0v) is 10.6. The molecule has 18 heavy (non-hydrogen) atoms. The van der Waals surface area contributed by atoms with E-state index in [1.54, 1.807) is 0 Å². The summed E-state index contributed by atoms with van der Waals surface area (Å²) < 4.78 is 11.9. The maximum absolute atomic E-state index is 11.9. The Morgan fingerprint density at radius 2 is 1.50 bits per heavy atom. The molecule has 0 aliphatic rings. The van der Waals surface area contributed by atoms with Gasteiger partial charge >= 0.3 is 17.9 Å². The van der Waals surface area contributed by atoms with Crippen molar-refractivity contribution >= 4 is 25.3 Å². The highest BCUT2D eigenvalue weighted by Gasteiger charge is 2.49. The van der Waals surface area contributed by atoms with Crippen molar-refractivity contribution in [2.75, 3.05) is 6.16 Å². The van der Waals surface area contributed by atoms with Crippen molar-refractivity contribution < 1.29 is 39.2 Å². The standard InChI is InChI=1S/C9H15O8P/c1-9(8(14)15,4-2-6(10)11)18(16,17)5-3-7(12)13/h2-5H2,1H3,(H,10,11)(H,12,13)(H,14,15)(H,16,17). The highest BCUT2D eigenvalue weighted by molar-refractivity contribution is 7.60. The summed E-state index contributed by atoms with van der Waals surface area (Å²) in [6.45, 7) is 0.959. The van der Waals surface area contributed by atoms with Crippen molar-refractivity contribution in [3.63, 3.8) is 0 Å². The van der Waals surface area contributed by atoms with Crippen LogP contribution in [0.4, 0.5) is 0 Å². The second-order valence-corrected chi connectivity index (χ2v) is 6.88. The summed E-state index contributed by atoms with van der Waals surface area (Å²) in [5.41, 5.74) is 0. The first kappa shape index (κ1) is 16.6. The highest BCUT2D eigenvalue weighted by atomic mass is 31.2. The Hall–Kier alpha value is -1.40. The lowest BCUT2D eigenvalue weighted by atomic mass is 10.1. The van der Waals surface area contributed by atoms with Crippen LogP contribution in [0.3, 0.4) is 0 Å². The number of carbonyl (C=O) groups is 3. The maximum Gasteiger partial charge on any atom is 0.319 e. The quantitative estimate of drug-likeness (QED) is 0.468. The van der Waals surface area contributed by atoms with Crippen LogP contribution in [0.1, 0.15) is 26.2 Å². The second-order valence-electron chi connectivity index (χ2n) is 4.04. The van der Waals surface area contributed by atoms with Gasteiger partial charge in [-0.3, -0.25) is 18.9 Å². The summed E-state index contributed by atoms with van der Waals surface area (Å²) in [4.78, 5) is 41.5. The van der Waals surface area contributed by atoms with Crippen molar-refractivity contribution in [1.29, 1.82) is 0 Å². The molecule has 4 N–H and O–H groups in total. The number of hydrogen-bond acceptors (Lipinski definition) is 4. The van der Waals surface area contributed by atoms with Crippen molar-refractivity contribution in [2.45, 2.75) is 31.3 Å². The molecular weight excluding hydrogens is 267 g/mol. The molecule has 0 heterocycles. The molecule has 0 fully saturated rings. The summed E-state index contributed by atoms with van der Waals surface area (Å²) in [5, 5.41) is 23.7.